The molecule has 0 aliphatic carbocycles. The number of ether oxygens (including phenoxy) is 1. The molecule has 1 amide bonds. The van der Waals surface area contributed by atoms with Gasteiger partial charge in [0.15, 0.2) is 5.82 Å². The Morgan fingerprint density at radius 3 is 2.60 bits per heavy atom. The van der Waals surface area contributed by atoms with Gasteiger partial charge in [0, 0.05) is 5.56 Å². The summed E-state index contributed by atoms with van der Waals surface area (Å²) in [6, 6.07) is 6.97. The van der Waals surface area contributed by atoms with Crippen molar-refractivity contribution in [2.45, 2.75) is 33.4 Å². The topological polar surface area (TPSA) is 77.2 Å². The molecular weight excluding hydrogens is 258 g/mol. The van der Waals surface area contributed by atoms with E-state index in [0.717, 1.165) is 5.75 Å². The first-order chi connectivity index (χ1) is 9.54. The van der Waals surface area contributed by atoms with Crippen LogP contribution in [0.15, 0.2) is 28.8 Å². The van der Waals surface area contributed by atoms with Gasteiger partial charge in [0.2, 0.25) is 5.89 Å². The molecule has 0 unspecified atom stereocenters. The lowest BCUT2D eigenvalue weighted by Crippen LogP contribution is -2.22. The molecule has 0 aliphatic heterocycles. The third kappa shape index (κ3) is 3.81. The van der Waals surface area contributed by atoms with Crippen LogP contribution in [0.1, 0.15) is 35.9 Å². The fourth-order valence-corrected chi connectivity index (χ4v) is 1.63. The molecule has 0 atom stereocenters. The predicted molar refractivity (Wildman–Crippen MR) is 72.4 cm³/mol. The molecule has 106 valence electrons. The Balaban J connectivity index is 1.92. The molecule has 0 radical (unpaired) electrons. The maximum atomic E-state index is 11.9. The van der Waals surface area contributed by atoms with Crippen LogP contribution in [0.3, 0.4) is 0 Å². The summed E-state index contributed by atoms with van der Waals surface area (Å²) in [5.74, 6) is 1.47. The lowest BCUT2D eigenvalue weighted by Gasteiger charge is -2.09. The van der Waals surface area contributed by atoms with Crippen LogP contribution in [0.2, 0.25) is 0 Å². The van der Waals surface area contributed by atoms with Gasteiger partial charge in [-0.2, -0.15) is 4.98 Å². The number of rotatable bonds is 5. The second-order valence-electron chi connectivity index (χ2n) is 4.61. The van der Waals surface area contributed by atoms with Crippen molar-refractivity contribution in [3.8, 4) is 5.75 Å². The van der Waals surface area contributed by atoms with Gasteiger partial charge in [-0.15, -0.1) is 0 Å². The SMILES string of the molecule is Cc1noc(CNC(=O)c2ccc(OC(C)C)cc2)n1. The summed E-state index contributed by atoms with van der Waals surface area (Å²) in [7, 11) is 0. The number of aromatic nitrogens is 2. The highest BCUT2D eigenvalue weighted by Gasteiger charge is 2.08. The molecular formula is C14H17N3O3. The largest absolute Gasteiger partial charge is 0.491 e. The molecule has 6 nitrogen and oxygen atoms in total. The normalized spacial score (nSPS) is 10.6. The highest BCUT2D eigenvalue weighted by Crippen LogP contribution is 2.13. The number of carbonyl (C=O) groups is 1. The number of carbonyl (C=O) groups excluding carboxylic acids is 1. The van der Waals surface area contributed by atoms with E-state index in [1.807, 2.05) is 13.8 Å². The first-order valence-electron chi connectivity index (χ1n) is 6.38. The summed E-state index contributed by atoms with van der Waals surface area (Å²) < 4.78 is 10.4. The van der Waals surface area contributed by atoms with E-state index in [9.17, 15) is 4.79 Å². The quantitative estimate of drug-likeness (QED) is 0.904. The molecule has 1 aromatic carbocycles. The third-order valence-electron chi connectivity index (χ3n) is 2.46. The fourth-order valence-electron chi connectivity index (χ4n) is 1.63. The van der Waals surface area contributed by atoms with Gasteiger partial charge in [-0.3, -0.25) is 4.79 Å². The van der Waals surface area contributed by atoms with Gasteiger partial charge in [0.1, 0.15) is 5.75 Å². The summed E-state index contributed by atoms with van der Waals surface area (Å²) in [4.78, 5) is 15.9. The lowest BCUT2D eigenvalue weighted by atomic mass is 10.2. The minimum absolute atomic E-state index is 0.107. The summed E-state index contributed by atoms with van der Waals surface area (Å²) in [5.41, 5.74) is 0.553. The molecule has 1 aromatic heterocycles. The molecule has 2 aromatic rings. The molecule has 1 N–H and O–H groups in total. The third-order valence-corrected chi connectivity index (χ3v) is 2.46. The standard InChI is InChI=1S/C14H17N3O3/c1-9(2)19-12-6-4-11(5-7-12)14(18)15-8-13-16-10(3)17-20-13/h4-7,9H,8H2,1-3H3,(H,15,18). The number of hydrogen-bond donors (Lipinski definition) is 1. The van der Waals surface area contributed by atoms with E-state index >= 15 is 0 Å². The summed E-state index contributed by atoms with van der Waals surface area (Å²) >= 11 is 0. The minimum Gasteiger partial charge on any atom is -0.491 e. The van der Waals surface area contributed by atoms with Crippen LogP contribution in [0.25, 0.3) is 0 Å². The Hall–Kier alpha value is -2.37. The summed E-state index contributed by atoms with van der Waals surface area (Å²) in [5, 5.41) is 6.37. The van der Waals surface area contributed by atoms with E-state index in [1.165, 1.54) is 0 Å². The molecule has 0 bridgehead atoms. The van der Waals surface area contributed by atoms with E-state index in [1.54, 1.807) is 31.2 Å². The monoisotopic (exact) mass is 275 g/mol. The van der Waals surface area contributed by atoms with Crippen molar-refractivity contribution in [2.75, 3.05) is 0 Å². The molecule has 0 saturated heterocycles. The number of amides is 1. The highest BCUT2D eigenvalue weighted by molar-refractivity contribution is 5.94. The van der Waals surface area contributed by atoms with Crippen molar-refractivity contribution in [2.24, 2.45) is 0 Å². The van der Waals surface area contributed by atoms with Crippen LogP contribution in [0.4, 0.5) is 0 Å². The van der Waals surface area contributed by atoms with E-state index < -0.39 is 0 Å². The average Bonchev–Trinajstić information content (AvgIpc) is 2.82. The van der Waals surface area contributed by atoms with Gasteiger partial charge in [-0.25, -0.2) is 0 Å². The summed E-state index contributed by atoms with van der Waals surface area (Å²) in [6.07, 6.45) is 0.107. The van der Waals surface area contributed by atoms with Gasteiger partial charge in [0.25, 0.3) is 5.91 Å². The number of nitrogens with one attached hydrogen (secondary N) is 1. The lowest BCUT2D eigenvalue weighted by molar-refractivity contribution is 0.0946. The maximum absolute atomic E-state index is 11.9. The van der Waals surface area contributed by atoms with Crippen LogP contribution in [0.5, 0.6) is 5.75 Å². The Bertz CT molecular complexity index is 576. The van der Waals surface area contributed by atoms with Crippen molar-refractivity contribution in [3.05, 3.63) is 41.5 Å². The zero-order valence-corrected chi connectivity index (χ0v) is 11.7. The number of hydrogen-bond acceptors (Lipinski definition) is 5. The molecule has 0 aliphatic rings. The molecule has 0 spiro atoms. The molecule has 20 heavy (non-hydrogen) atoms. The molecule has 2 rings (SSSR count). The first-order valence-corrected chi connectivity index (χ1v) is 6.38. The Labute approximate surface area is 117 Å². The zero-order chi connectivity index (χ0) is 14.5. The van der Waals surface area contributed by atoms with Crippen molar-refractivity contribution in [1.82, 2.24) is 15.5 Å². The van der Waals surface area contributed by atoms with Crippen LogP contribution < -0.4 is 10.1 Å². The van der Waals surface area contributed by atoms with Gasteiger partial charge < -0.3 is 14.6 Å². The zero-order valence-electron chi connectivity index (χ0n) is 11.7. The molecule has 0 fully saturated rings. The van der Waals surface area contributed by atoms with Crippen LogP contribution in [-0.4, -0.2) is 22.2 Å². The Morgan fingerprint density at radius 1 is 1.35 bits per heavy atom. The van der Waals surface area contributed by atoms with Gasteiger partial charge >= 0.3 is 0 Å². The summed E-state index contributed by atoms with van der Waals surface area (Å²) in [6.45, 7) is 5.84. The number of nitrogens with zero attached hydrogens (tertiary/aromatic N) is 2. The fraction of sp³-hybridized carbons (Fsp3) is 0.357. The van der Waals surface area contributed by atoms with Gasteiger partial charge in [-0.1, -0.05) is 5.16 Å². The second kappa shape index (κ2) is 6.18. The van der Waals surface area contributed by atoms with E-state index in [-0.39, 0.29) is 18.6 Å². The van der Waals surface area contributed by atoms with Crippen LogP contribution >= 0.6 is 0 Å². The van der Waals surface area contributed by atoms with Gasteiger partial charge in [0.05, 0.1) is 12.6 Å². The van der Waals surface area contributed by atoms with Crippen molar-refractivity contribution < 1.29 is 14.1 Å². The predicted octanol–water partition coefficient (Wildman–Crippen LogP) is 2.10. The van der Waals surface area contributed by atoms with E-state index in [0.29, 0.717) is 17.3 Å². The maximum Gasteiger partial charge on any atom is 0.251 e. The smallest absolute Gasteiger partial charge is 0.251 e. The van der Waals surface area contributed by atoms with Crippen LogP contribution in [0, 0.1) is 6.92 Å². The molecule has 6 heteroatoms. The van der Waals surface area contributed by atoms with Crippen molar-refractivity contribution >= 4 is 5.91 Å². The Kier molecular flexibility index (Phi) is 4.34. The van der Waals surface area contributed by atoms with Crippen molar-refractivity contribution in [1.29, 1.82) is 0 Å². The Morgan fingerprint density at radius 2 is 2.05 bits per heavy atom. The first kappa shape index (κ1) is 14.0. The van der Waals surface area contributed by atoms with Gasteiger partial charge in [-0.05, 0) is 45.0 Å². The van der Waals surface area contributed by atoms with Crippen molar-refractivity contribution in [3.63, 3.8) is 0 Å². The van der Waals surface area contributed by atoms with E-state index in [2.05, 4.69) is 15.5 Å². The van der Waals surface area contributed by atoms with Crippen LogP contribution in [-0.2, 0) is 6.54 Å². The average molecular weight is 275 g/mol. The van der Waals surface area contributed by atoms with E-state index in [4.69, 9.17) is 9.26 Å². The highest BCUT2D eigenvalue weighted by atomic mass is 16.5. The molecule has 0 saturated carbocycles. The molecule has 1 heterocycles. The second-order valence-corrected chi connectivity index (χ2v) is 4.61. The number of benzene rings is 1. The number of aryl methyl sites for hydroxylation is 1. The minimum atomic E-state index is -0.197.